The molecule has 0 spiro atoms. The van der Waals surface area contributed by atoms with Crippen LogP contribution in [0.5, 0.6) is 0 Å². The third-order valence-corrected chi connectivity index (χ3v) is 2.10. The van der Waals surface area contributed by atoms with E-state index in [-0.39, 0.29) is 5.91 Å². The Balaban J connectivity index is 2.86. The molecule has 66 valence electrons. The SMILES string of the molecule is Cc1cc2ccccn2c1C(N)=O. The molecule has 0 saturated heterocycles. The van der Waals surface area contributed by atoms with Crippen molar-refractivity contribution in [1.82, 2.24) is 4.40 Å². The van der Waals surface area contributed by atoms with E-state index in [0.717, 1.165) is 11.1 Å². The fourth-order valence-electron chi connectivity index (χ4n) is 1.57. The molecule has 0 aliphatic heterocycles. The molecule has 2 N–H and O–H groups in total. The highest BCUT2D eigenvalue weighted by atomic mass is 16.1. The minimum atomic E-state index is -0.385. The monoisotopic (exact) mass is 174 g/mol. The highest BCUT2D eigenvalue weighted by molar-refractivity contribution is 5.94. The maximum absolute atomic E-state index is 11.1. The van der Waals surface area contributed by atoms with E-state index in [0.29, 0.717) is 5.69 Å². The minimum absolute atomic E-state index is 0.385. The lowest BCUT2D eigenvalue weighted by atomic mass is 10.2. The van der Waals surface area contributed by atoms with Gasteiger partial charge in [-0.1, -0.05) is 6.07 Å². The second-order valence-corrected chi connectivity index (χ2v) is 3.04. The molecular weight excluding hydrogens is 164 g/mol. The average molecular weight is 174 g/mol. The number of nitrogens with zero attached hydrogens (tertiary/aromatic N) is 1. The molecule has 0 unspecified atom stereocenters. The van der Waals surface area contributed by atoms with Crippen molar-refractivity contribution in [2.24, 2.45) is 5.73 Å². The summed E-state index contributed by atoms with van der Waals surface area (Å²) >= 11 is 0. The lowest BCUT2D eigenvalue weighted by Gasteiger charge is -1.98. The molecule has 13 heavy (non-hydrogen) atoms. The van der Waals surface area contributed by atoms with Crippen LogP contribution in [0.2, 0.25) is 0 Å². The second kappa shape index (κ2) is 2.62. The number of rotatable bonds is 1. The Bertz CT molecular complexity index is 471. The van der Waals surface area contributed by atoms with Gasteiger partial charge in [-0.25, -0.2) is 0 Å². The third-order valence-electron chi connectivity index (χ3n) is 2.10. The van der Waals surface area contributed by atoms with Crippen molar-refractivity contribution >= 4 is 11.4 Å². The van der Waals surface area contributed by atoms with Crippen molar-refractivity contribution in [3.63, 3.8) is 0 Å². The maximum atomic E-state index is 11.1. The molecule has 3 heteroatoms. The summed E-state index contributed by atoms with van der Waals surface area (Å²) in [7, 11) is 0. The summed E-state index contributed by atoms with van der Waals surface area (Å²) in [6.45, 7) is 1.88. The number of amides is 1. The van der Waals surface area contributed by atoms with Crippen LogP contribution in [0.25, 0.3) is 5.52 Å². The van der Waals surface area contributed by atoms with Gasteiger partial charge in [0.25, 0.3) is 5.91 Å². The molecule has 0 fully saturated rings. The fourth-order valence-corrected chi connectivity index (χ4v) is 1.57. The summed E-state index contributed by atoms with van der Waals surface area (Å²) in [4.78, 5) is 11.1. The van der Waals surface area contributed by atoms with Crippen molar-refractivity contribution in [2.45, 2.75) is 6.92 Å². The molecule has 0 bridgehead atoms. The van der Waals surface area contributed by atoms with Crippen LogP contribution in [0.4, 0.5) is 0 Å². The number of hydrogen-bond acceptors (Lipinski definition) is 1. The van der Waals surface area contributed by atoms with Crippen LogP contribution >= 0.6 is 0 Å². The zero-order chi connectivity index (χ0) is 9.42. The molecule has 0 atom stereocenters. The predicted octanol–water partition coefficient (Wildman–Crippen LogP) is 1.35. The fraction of sp³-hybridized carbons (Fsp3) is 0.100. The van der Waals surface area contributed by atoms with Crippen molar-refractivity contribution in [1.29, 1.82) is 0 Å². The Morgan fingerprint density at radius 3 is 2.92 bits per heavy atom. The van der Waals surface area contributed by atoms with Crippen molar-refractivity contribution in [3.8, 4) is 0 Å². The standard InChI is InChI=1S/C10H10N2O/c1-7-6-8-4-2-3-5-12(8)9(7)10(11)13/h2-6H,1H3,(H2,11,13). The van der Waals surface area contributed by atoms with Crippen LogP contribution in [0.15, 0.2) is 30.5 Å². The quantitative estimate of drug-likeness (QED) is 0.696. The number of aryl methyl sites for hydroxylation is 1. The van der Waals surface area contributed by atoms with E-state index >= 15 is 0 Å². The molecule has 3 nitrogen and oxygen atoms in total. The Labute approximate surface area is 75.8 Å². The van der Waals surface area contributed by atoms with Crippen LogP contribution in [0.3, 0.4) is 0 Å². The van der Waals surface area contributed by atoms with Gasteiger partial charge in [0.2, 0.25) is 0 Å². The Kier molecular flexibility index (Phi) is 1.59. The van der Waals surface area contributed by atoms with E-state index in [1.54, 1.807) is 4.40 Å². The molecule has 2 aromatic heterocycles. The summed E-state index contributed by atoms with van der Waals surface area (Å²) in [5.41, 5.74) is 7.74. The number of pyridine rings is 1. The molecule has 0 aliphatic carbocycles. The average Bonchev–Trinajstić information content (AvgIpc) is 2.39. The summed E-state index contributed by atoms with van der Waals surface area (Å²) in [6.07, 6.45) is 1.84. The molecule has 0 aromatic carbocycles. The number of aromatic nitrogens is 1. The molecule has 2 aromatic rings. The molecule has 0 radical (unpaired) electrons. The first-order valence-electron chi connectivity index (χ1n) is 4.06. The first kappa shape index (κ1) is 7.86. The number of hydrogen-bond donors (Lipinski definition) is 1. The van der Waals surface area contributed by atoms with E-state index < -0.39 is 0 Å². The zero-order valence-corrected chi connectivity index (χ0v) is 7.32. The molecule has 2 heterocycles. The van der Waals surface area contributed by atoms with Crippen LogP contribution in [0.1, 0.15) is 16.1 Å². The predicted molar refractivity (Wildman–Crippen MR) is 50.7 cm³/mol. The van der Waals surface area contributed by atoms with Gasteiger partial charge < -0.3 is 10.1 Å². The van der Waals surface area contributed by atoms with Gasteiger partial charge in [-0.15, -0.1) is 0 Å². The number of nitrogens with two attached hydrogens (primary N) is 1. The molecule has 1 amide bonds. The highest BCUT2D eigenvalue weighted by Gasteiger charge is 2.10. The van der Waals surface area contributed by atoms with E-state index in [1.165, 1.54) is 0 Å². The first-order valence-corrected chi connectivity index (χ1v) is 4.06. The summed E-state index contributed by atoms with van der Waals surface area (Å²) in [6, 6.07) is 7.69. The first-order chi connectivity index (χ1) is 6.20. The van der Waals surface area contributed by atoms with Gasteiger partial charge in [0.1, 0.15) is 5.69 Å². The van der Waals surface area contributed by atoms with Crippen molar-refractivity contribution in [2.75, 3.05) is 0 Å². The highest BCUT2D eigenvalue weighted by Crippen LogP contribution is 2.14. The van der Waals surface area contributed by atoms with Crippen molar-refractivity contribution in [3.05, 3.63) is 41.7 Å². The van der Waals surface area contributed by atoms with Gasteiger partial charge in [0.05, 0.1) is 0 Å². The lowest BCUT2D eigenvalue weighted by Crippen LogP contribution is -2.14. The van der Waals surface area contributed by atoms with Gasteiger partial charge in [-0.3, -0.25) is 4.79 Å². The third kappa shape index (κ3) is 1.09. The lowest BCUT2D eigenvalue weighted by molar-refractivity contribution is 0.0994. The number of carbonyl (C=O) groups is 1. The van der Waals surface area contributed by atoms with Crippen LogP contribution in [0, 0.1) is 6.92 Å². The summed E-state index contributed by atoms with van der Waals surface area (Å²) < 4.78 is 1.80. The van der Waals surface area contributed by atoms with Gasteiger partial charge in [-0.05, 0) is 30.7 Å². The molecule has 0 saturated carbocycles. The van der Waals surface area contributed by atoms with Gasteiger partial charge in [-0.2, -0.15) is 0 Å². The van der Waals surface area contributed by atoms with Gasteiger partial charge >= 0.3 is 0 Å². The number of primary amides is 1. The zero-order valence-electron chi connectivity index (χ0n) is 7.32. The van der Waals surface area contributed by atoms with Gasteiger partial charge in [0, 0.05) is 11.7 Å². The molecule has 0 aliphatic rings. The molecular formula is C10H10N2O. The Morgan fingerprint density at radius 2 is 2.23 bits per heavy atom. The topological polar surface area (TPSA) is 47.5 Å². The Hall–Kier alpha value is -1.77. The maximum Gasteiger partial charge on any atom is 0.265 e. The van der Waals surface area contributed by atoms with Crippen LogP contribution < -0.4 is 5.73 Å². The Morgan fingerprint density at radius 1 is 1.46 bits per heavy atom. The van der Waals surface area contributed by atoms with E-state index in [1.807, 2.05) is 37.4 Å². The molecule has 2 rings (SSSR count). The van der Waals surface area contributed by atoms with Crippen LogP contribution in [-0.4, -0.2) is 10.3 Å². The van der Waals surface area contributed by atoms with E-state index in [4.69, 9.17) is 5.73 Å². The number of fused-ring (bicyclic) bond motifs is 1. The van der Waals surface area contributed by atoms with E-state index in [9.17, 15) is 4.79 Å². The van der Waals surface area contributed by atoms with E-state index in [2.05, 4.69) is 0 Å². The number of carbonyl (C=O) groups excluding carboxylic acids is 1. The van der Waals surface area contributed by atoms with Crippen LogP contribution in [-0.2, 0) is 0 Å². The summed E-state index contributed by atoms with van der Waals surface area (Å²) in [5.74, 6) is -0.385. The minimum Gasteiger partial charge on any atom is -0.364 e. The second-order valence-electron chi connectivity index (χ2n) is 3.04. The largest absolute Gasteiger partial charge is 0.364 e. The van der Waals surface area contributed by atoms with Crippen molar-refractivity contribution < 1.29 is 4.79 Å². The van der Waals surface area contributed by atoms with Gasteiger partial charge in [0.15, 0.2) is 0 Å². The smallest absolute Gasteiger partial charge is 0.265 e. The normalized spacial score (nSPS) is 10.5. The summed E-state index contributed by atoms with van der Waals surface area (Å²) in [5, 5.41) is 0.